The summed E-state index contributed by atoms with van der Waals surface area (Å²) < 4.78 is 0. The summed E-state index contributed by atoms with van der Waals surface area (Å²) >= 11 is 0. The highest BCUT2D eigenvalue weighted by Crippen LogP contribution is 2.36. The fourth-order valence-corrected chi connectivity index (χ4v) is 3.00. The van der Waals surface area contributed by atoms with Gasteiger partial charge in [-0.15, -0.1) is 0 Å². The lowest BCUT2D eigenvalue weighted by Crippen LogP contribution is -2.15. The molecule has 1 nitrogen and oxygen atoms in total. The number of hydrogen-bond acceptors (Lipinski definition) is 1. The number of rotatable bonds is 7. The molecule has 0 unspecified atom stereocenters. The number of ketones is 1. The molecule has 1 aromatic carbocycles. The monoisotopic (exact) mass is 258 g/mol. The van der Waals surface area contributed by atoms with Crippen LogP contribution in [0.4, 0.5) is 0 Å². The van der Waals surface area contributed by atoms with Gasteiger partial charge in [0.1, 0.15) is 0 Å². The number of hydrogen-bond donors (Lipinski definition) is 0. The molecule has 0 aromatic heterocycles. The summed E-state index contributed by atoms with van der Waals surface area (Å²) in [5.74, 6) is 1.33. The van der Waals surface area contributed by atoms with E-state index in [1.54, 1.807) is 0 Å². The van der Waals surface area contributed by atoms with Gasteiger partial charge in [-0.2, -0.15) is 0 Å². The first-order valence-corrected chi connectivity index (χ1v) is 7.90. The molecule has 0 spiro atoms. The van der Waals surface area contributed by atoms with E-state index in [-0.39, 0.29) is 5.92 Å². The molecule has 0 aliphatic heterocycles. The average molecular weight is 258 g/mol. The highest BCUT2D eigenvalue weighted by Gasteiger charge is 2.21. The summed E-state index contributed by atoms with van der Waals surface area (Å²) in [6.45, 7) is 4.32. The largest absolute Gasteiger partial charge is 0.294 e. The Hall–Kier alpha value is -1.11. The van der Waals surface area contributed by atoms with Crippen molar-refractivity contribution in [3.8, 4) is 0 Å². The molecule has 1 heteroatoms. The molecule has 1 fully saturated rings. The molecule has 2 rings (SSSR count). The molecule has 0 saturated heterocycles. The third-order valence-corrected chi connectivity index (χ3v) is 4.42. The Labute approximate surface area is 117 Å². The van der Waals surface area contributed by atoms with E-state index in [2.05, 4.69) is 26.0 Å². The van der Waals surface area contributed by atoms with E-state index in [9.17, 15) is 4.79 Å². The van der Waals surface area contributed by atoms with Crippen molar-refractivity contribution in [2.24, 2.45) is 5.92 Å². The van der Waals surface area contributed by atoms with Gasteiger partial charge in [0.15, 0.2) is 5.78 Å². The first-order valence-electron chi connectivity index (χ1n) is 7.90. The van der Waals surface area contributed by atoms with Gasteiger partial charge in [0, 0.05) is 11.5 Å². The van der Waals surface area contributed by atoms with Crippen LogP contribution in [0.1, 0.15) is 80.6 Å². The molecule has 0 atom stereocenters. The minimum absolute atomic E-state index is 0.226. The predicted octanol–water partition coefficient (Wildman–Crippen LogP) is 5.35. The summed E-state index contributed by atoms with van der Waals surface area (Å²) in [5.41, 5.74) is 2.33. The molecule has 1 aromatic rings. The van der Waals surface area contributed by atoms with E-state index < -0.39 is 0 Å². The second-order valence-corrected chi connectivity index (χ2v) is 5.89. The molecule has 0 amide bonds. The normalized spacial score (nSPS) is 15.5. The van der Waals surface area contributed by atoms with Crippen molar-refractivity contribution < 1.29 is 4.79 Å². The van der Waals surface area contributed by atoms with Crippen LogP contribution < -0.4 is 0 Å². The van der Waals surface area contributed by atoms with Gasteiger partial charge < -0.3 is 0 Å². The first-order chi connectivity index (χ1) is 9.26. The topological polar surface area (TPSA) is 17.1 Å². The number of Topliss-reactive ketones (excluding diaryl/α,β-unsaturated/α-hetero) is 1. The van der Waals surface area contributed by atoms with E-state index in [4.69, 9.17) is 0 Å². The Bertz CT molecular complexity index is 394. The van der Waals surface area contributed by atoms with Crippen molar-refractivity contribution in [3.05, 3.63) is 35.4 Å². The molecule has 0 heterocycles. The van der Waals surface area contributed by atoms with Crippen LogP contribution in [0.15, 0.2) is 24.3 Å². The maximum absolute atomic E-state index is 12.5. The van der Waals surface area contributed by atoms with Gasteiger partial charge in [-0.3, -0.25) is 4.79 Å². The zero-order valence-electron chi connectivity index (χ0n) is 12.3. The Morgan fingerprint density at radius 2 is 1.68 bits per heavy atom. The molecule has 1 aliphatic rings. The summed E-state index contributed by atoms with van der Waals surface area (Å²) in [6.07, 6.45) is 8.24. The lowest BCUT2D eigenvalue weighted by molar-refractivity contribution is 0.0905. The van der Waals surface area contributed by atoms with Gasteiger partial charge in [-0.1, -0.05) is 57.4 Å². The van der Waals surface area contributed by atoms with Gasteiger partial charge in [-0.25, -0.2) is 0 Å². The zero-order valence-corrected chi connectivity index (χ0v) is 12.3. The fourth-order valence-electron chi connectivity index (χ4n) is 3.00. The average Bonchev–Trinajstić information content (AvgIpc) is 2.37. The third kappa shape index (κ3) is 3.46. The second kappa shape index (κ2) is 6.88. The summed E-state index contributed by atoms with van der Waals surface area (Å²) in [7, 11) is 0. The SMILES string of the molecule is CCCC(CCC)C(=O)c1ccc(C2CCC2)cc1. The maximum Gasteiger partial charge on any atom is 0.165 e. The fraction of sp³-hybridized carbons (Fsp3) is 0.611. The Kier molecular flexibility index (Phi) is 5.18. The number of carbonyl (C=O) groups is 1. The number of benzene rings is 1. The van der Waals surface area contributed by atoms with Gasteiger partial charge >= 0.3 is 0 Å². The van der Waals surface area contributed by atoms with E-state index in [1.807, 2.05) is 12.1 Å². The van der Waals surface area contributed by atoms with Crippen molar-refractivity contribution >= 4 is 5.78 Å². The van der Waals surface area contributed by atoms with Crippen LogP contribution in [-0.4, -0.2) is 5.78 Å². The van der Waals surface area contributed by atoms with Gasteiger partial charge in [0.05, 0.1) is 0 Å². The van der Waals surface area contributed by atoms with Crippen LogP contribution in [0.2, 0.25) is 0 Å². The quantitative estimate of drug-likeness (QED) is 0.602. The van der Waals surface area contributed by atoms with Crippen LogP contribution in [0.25, 0.3) is 0 Å². The van der Waals surface area contributed by atoms with Crippen LogP contribution in [0.3, 0.4) is 0 Å². The van der Waals surface area contributed by atoms with Crippen LogP contribution in [0.5, 0.6) is 0 Å². The third-order valence-electron chi connectivity index (χ3n) is 4.42. The molecule has 1 saturated carbocycles. The molecule has 104 valence electrons. The van der Waals surface area contributed by atoms with E-state index in [1.165, 1.54) is 24.8 Å². The summed E-state index contributed by atoms with van der Waals surface area (Å²) in [6, 6.07) is 8.45. The minimum Gasteiger partial charge on any atom is -0.294 e. The van der Waals surface area contributed by atoms with E-state index in [0.29, 0.717) is 5.78 Å². The van der Waals surface area contributed by atoms with Gasteiger partial charge in [-0.05, 0) is 37.2 Å². The van der Waals surface area contributed by atoms with E-state index >= 15 is 0 Å². The molecule has 19 heavy (non-hydrogen) atoms. The van der Waals surface area contributed by atoms with Crippen LogP contribution in [0, 0.1) is 5.92 Å². The van der Waals surface area contributed by atoms with Crippen molar-refractivity contribution in [2.45, 2.75) is 64.7 Å². The second-order valence-electron chi connectivity index (χ2n) is 5.89. The Morgan fingerprint density at radius 3 is 2.11 bits per heavy atom. The molecule has 1 aliphatic carbocycles. The summed E-state index contributed by atoms with van der Waals surface area (Å²) in [5, 5.41) is 0. The predicted molar refractivity (Wildman–Crippen MR) is 80.7 cm³/mol. The Morgan fingerprint density at radius 1 is 1.11 bits per heavy atom. The van der Waals surface area contributed by atoms with Crippen LogP contribution >= 0.6 is 0 Å². The highest BCUT2D eigenvalue weighted by atomic mass is 16.1. The summed E-state index contributed by atoms with van der Waals surface area (Å²) in [4.78, 5) is 12.5. The first kappa shape index (κ1) is 14.3. The van der Waals surface area contributed by atoms with Gasteiger partial charge in [0.2, 0.25) is 0 Å². The zero-order chi connectivity index (χ0) is 13.7. The number of carbonyl (C=O) groups excluding carboxylic acids is 1. The minimum atomic E-state index is 0.226. The standard InChI is InChI=1S/C18H26O/c1-3-6-16(7-4-2)18(19)17-12-10-15(11-13-17)14-8-5-9-14/h10-14,16H,3-9H2,1-2H3. The lowest BCUT2D eigenvalue weighted by Gasteiger charge is -2.26. The smallest absolute Gasteiger partial charge is 0.165 e. The van der Waals surface area contributed by atoms with Crippen LogP contribution in [-0.2, 0) is 0 Å². The molecule has 0 radical (unpaired) electrons. The van der Waals surface area contributed by atoms with Crippen molar-refractivity contribution in [2.75, 3.05) is 0 Å². The highest BCUT2D eigenvalue weighted by molar-refractivity contribution is 5.97. The molecular weight excluding hydrogens is 232 g/mol. The van der Waals surface area contributed by atoms with E-state index in [0.717, 1.165) is 37.2 Å². The van der Waals surface area contributed by atoms with Crippen molar-refractivity contribution in [1.82, 2.24) is 0 Å². The van der Waals surface area contributed by atoms with Crippen molar-refractivity contribution in [1.29, 1.82) is 0 Å². The Balaban J connectivity index is 2.04. The molecule has 0 N–H and O–H groups in total. The van der Waals surface area contributed by atoms with Crippen molar-refractivity contribution in [3.63, 3.8) is 0 Å². The molecular formula is C18H26O. The molecule has 0 bridgehead atoms. The maximum atomic E-state index is 12.5. The lowest BCUT2D eigenvalue weighted by atomic mass is 9.79. The van der Waals surface area contributed by atoms with Gasteiger partial charge in [0.25, 0.3) is 0 Å².